The van der Waals surface area contributed by atoms with Gasteiger partial charge < -0.3 is 14.7 Å². The summed E-state index contributed by atoms with van der Waals surface area (Å²) in [6, 6.07) is 7.35. The lowest BCUT2D eigenvalue weighted by Gasteiger charge is -2.28. The summed E-state index contributed by atoms with van der Waals surface area (Å²) in [4.78, 5) is 13.6. The first-order valence-electron chi connectivity index (χ1n) is 6.83. The predicted octanol–water partition coefficient (Wildman–Crippen LogP) is 2.59. The highest BCUT2D eigenvalue weighted by Gasteiger charge is 2.33. The summed E-state index contributed by atoms with van der Waals surface area (Å²) >= 11 is 3.34. The van der Waals surface area contributed by atoms with Crippen LogP contribution in [0.15, 0.2) is 28.7 Å². The molecule has 1 saturated carbocycles. The number of rotatable bonds is 5. The normalized spacial score (nSPS) is 16.9. The molecular weight excluding hydrogens is 322 g/mol. The van der Waals surface area contributed by atoms with E-state index in [9.17, 15) is 9.90 Å². The van der Waals surface area contributed by atoms with Crippen molar-refractivity contribution in [3.8, 4) is 5.75 Å². The molecule has 0 aliphatic heterocycles. The molecule has 0 spiro atoms. The fourth-order valence-electron chi connectivity index (χ4n) is 2.51. The molecule has 0 radical (unpaired) electrons. The molecule has 0 heterocycles. The van der Waals surface area contributed by atoms with Gasteiger partial charge in [-0.15, -0.1) is 0 Å². The van der Waals surface area contributed by atoms with Crippen LogP contribution in [0.25, 0.3) is 0 Å². The van der Waals surface area contributed by atoms with Crippen LogP contribution in [0, 0.1) is 0 Å². The molecule has 0 bridgehead atoms. The first-order chi connectivity index (χ1) is 9.48. The standard InChI is InChI=1S/C15H20BrNO3/c1-17(11-15(19)8-2-3-9-15)14(18)10-20-13-6-4-12(16)5-7-13/h4-7,19H,2-3,8-11H2,1H3. The number of nitrogens with zero attached hydrogens (tertiary/aromatic N) is 1. The van der Waals surface area contributed by atoms with Crippen molar-refractivity contribution in [3.63, 3.8) is 0 Å². The van der Waals surface area contributed by atoms with Crippen molar-refractivity contribution < 1.29 is 14.6 Å². The minimum Gasteiger partial charge on any atom is -0.484 e. The summed E-state index contributed by atoms with van der Waals surface area (Å²) in [6.45, 7) is 0.379. The number of benzene rings is 1. The molecule has 1 amide bonds. The SMILES string of the molecule is CN(CC1(O)CCCC1)C(=O)COc1ccc(Br)cc1. The number of hydrogen-bond acceptors (Lipinski definition) is 3. The molecule has 0 saturated heterocycles. The number of hydrogen-bond donors (Lipinski definition) is 1. The number of aliphatic hydroxyl groups is 1. The molecule has 5 heteroatoms. The van der Waals surface area contributed by atoms with Gasteiger partial charge in [0, 0.05) is 18.1 Å². The van der Waals surface area contributed by atoms with Gasteiger partial charge in [-0.05, 0) is 37.1 Å². The molecule has 2 rings (SSSR count). The van der Waals surface area contributed by atoms with Gasteiger partial charge in [0.25, 0.3) is 5.91 Å². The average molecular weight is 342 g/mol. The van der Waals surface area contributed by atoms with Crippen LogP contribution in [-0.4, -0.2) is 41.7 Å². The Morgan fingerprint density at radius 1 is 1.35 bits per heavy atom. The number of halogens is 1. The Balaban J connectivity index is 1.80. The van der Waals surface area contributed by atoms with Gasteiger partial charge in [0.2, 0.25) is 0 Å². The second-order valence-corrected chi connectivity index (χ2v) is 6.34. The van der Waals surface area contributed by atoms with E-state index < -0.39 is 5.60 Å². The average Bonchev–Trinajstić information content (AvgIpc) is 2.84. The molecule has 1 aliphatic rings. The topological polar surface area (TPSA) is 49.8 Å². The van der Waals surface area contributed by atoms with Crippen molar-refractivity contribution in [2.45, 2.75) is 31.3 Å². The Hall–Kier alpha value is -1.07. The molecule has 1 aromatic rings. The molecule has 110 valence electrons. The first-order valence-corrected chi connectivity index (χ1v) is 7.63. The van der Waals surface area contributed by atoms with Gasteiger partial charge in [-0.3, -0.25) is 4.79 Å². The van der Waals surface area contributed by atoms with Gasteiger partial charge in [0.1, 0.15) is 5.75 Å². The molecule has 1 aliphatic carbocycles. The van der Waals surface area contributed by atoms with E-state index in [4.69, 9.17) is 4.74 Å². The Morgan fingerprint density at radius 2 is 1.95 bits per heavy atom. The van der Waals surface area contributed by atoms with E-state index >= 15 is 0 Å². The molecule has 1 N–H and O–H groups in total. The highest BCUT2D eigenvalue weighted by Crippen LogP contribution is 2.29. The smallest absolute Gasteiger partial charge is 0.260 e. The molecule has 4 nitrogen and oxygen atoms in total. The Labute approximate surface area is 127 Å². The van der Waals surface area contributed by atoms with Crippen LogP contribution in [0.5, 0.6) is 5.75 Å². The summed E-state index contributed by atoms with van der Waals surface area (Å²) in [5.74, 6) is 0.544. The van der Waals surface area contributed by atoms with Crippen molar-refractivity contribution in [3.05, 3.63) is 28.7 Å². The number of carbonyl (C=O) groups is 1. The molecule has 0 atom stereocenters. The van der Waals surface area contributed by atoms with Gasteiger partial charge in [-0.2, -0.15) is 0 Å². The van der Waals surface area contributed by atoms with Crippen LogP contribution in [0.4, 0.5) is 0 Å². The first kappa shape index (κ1) is 15.3. The lowest BCUT2D eigenvalue weighted by atomic mass is 10.0. The lowest BCUT2D eigenvalue weighted by Crippen LogP contribution is -2.43. The Kier molecular flexibility index (Phi) is 5.05. The van der Waals surface area contributed by atoms with E-state index in [1.807, 2.05) is 24.3 Å². The highest BCUT2D eigenvalue weighted by molar-refractivity contribution is 9.10. The Morgan fingerprint density at radius 3 is 2.55 bits per heavy atom. The van der Waals surface area contributed by atoms with E-state index in [0.29, 0.717) is 12.3 Å². The van der Waals surface area contributed by atoms with Gasteiger partial charge in [-0.1, -0.05) is 28.8 Å². The summed E-state index contributed by atoms with van der Waals surface area (Å²) < 4.78 is 6.42. The van der Waals surface area contributed by atoms with E-state index in [1.165, 1.54) is 0 Å². The van der Waals surface area contributed by atoms with Crippen molar-refractivity contribution in [2.75, 3.05) is 20.2 Å². The van der Waals surface area contributed by atoms with Crippen molar-refractivity contribution >= 4 is 21.8 Å². The van der Waals surface area contributed by atoms with Crippen LogP contribution in [-0.2, 0) is 4.79 Å². The summed E-state index contributed by atoms with van der Waals surface area (Å²) in [5.41, 5.74) is -0.706. The van der Waals surface area contributed by atoms with Crippen LogP contribution >= 0.6 is 15.9 Å². The third kappa shape index (κ3) is 4.21. The zero-order chi connectivity index (χ0) is 14.6. The van der Waals surface area contributed by atoms with Crippen LogP contribution in [0.3, 0.4) is 0 Å². The maximum Gasteiger partial charge on any atom is 0.260 e. The van der Waals surface area contributed by atoms with E-state index in [0.717, 1.165) is 30.2 Å². The monoisotopic (exact) mass is 341 g/mol. The van der Waals surface area contributed by atoms with E-state index in [2.05, 4.69) is 15.9 Å². The maximum absolute atomic E-state index is 12.0. The highest BCUT2D eigenvalue weighted by atomic mass is 79.9. The second-order valence-electron chi connectivity index (χ2n) is 5.42. The molecule has 1 aromatic carbocycles. The molecule has 1 fully saturated rings. The third-order valence-corrected chi connectivity index (χ3v) is 4.20. The van der Waals surface area contributed by atoms with Crippen LogP contribution < -0.4 is 4.74 Å². The van der Waals surface area contributed by atoms with Gasteiger partial charge in [0.05, 0.1) is 5.60 Å². The van der Waals surface area contributed by atoms with Gasteiger partial charge in [-0.25, -0.2) is 0 Å². The molecular formula is C15H20BrNO3. The van der Waals surface area contributed by atoms with E-state index in [-0.39, 0.29) is 12.5 Å². The Bertz CT molecular complexity index is 455. The quantitative estimate of drug-likeness (QED) is 0.895. The van der Waals surface area contributed by atoms with Crippen molar-refractivity contribution in [1.29, 1.82) is 0 Å². The molecule has 0 aromatic heterocycles. The zero-order valence-electron chi connectivity index (χ0n) is 11.6. The molecule has 0 unspecified atom stereocenters. The minimum absolute atomic E-state index is 0.00574. The zero-order valence-corrected chi connectivity index (χ0v) is 13.2. The van der Waals surface area contributed by atoms with Crippen molar-refractivity contribution in [1.82, 2.24) is 4.90 Å². The number of ether oxygens (including phenoxy) is 1. The maximum atomic E-state index is 12.0. The fourth-order valence-corrected chi connectivity index (χ4v) is 2.77. The lowest BCUT2D eigenvalue weighted by molar-refractivity contribution is -0.135. The van der Waals surface area contributed by atoms with Gasteiger partial charge in [0.15, 0.2) is 6.61 Å². The predicted molar refractivity (Wildman–Crippen MR) is 80.7 cm³/mol. The molecule has 20 heavy (non-hydrogen) atoms. The second kappa shape index (κ2) is 6.59. The van der Waals surface area contributed by atoms with Gasteiger partial charge >= 0.3 is 0 Å². The summed E-state index contributed by atoms with van der Waals surface area (Å²) in [7, 11) is 1.71. The van der Waals surface area contributed by atoms with Crippen LogP contribution in [0.2, 0.25) is 0 Å². The summed E-state index contributed by atoms with van der Waals surface area (Å²) in [6.07, 6.45) is 3.62. The van der Waals surface area contributed by atoms with Crippen LogP contribution in [0.1, 0.15) is 25.7 Å². The largest absolute Gasteiger partial charge is 0.484 e. The summed E-state index contributed by atoms with van der Waals surface area (Å²) in [5, 5.41) is 10.3. The minimum atomic E-state index is -0.706. The number of likely N-dealkylation sites (N-methyl/N-ethyl adjacent to an activating group) is 1. The van der Waals surface area contributed by atoms with Crippen molar-refractivity contribution in [2.24, 2.45) is 0 Å². The fraction of sp³-hybridized carbons (Fsp3) is 0.533. The number of carbonyl (C=O) groups excluding carboxylic acids is 1. The van der Waals surface area contributed by atoms with E-state index in [1.54, 1.807) is 11.9 Å². The third-order valence-electron chi connectivity index (χ3n) is 3.67. The number of amides is 1.